The average molecular weight is 354 g/mol. The molecule has 26 heavy (non-hydrogen) atoms. The van der Waals surface area contributed by atoms with E-state index in [0.29, 0.717) is 17.3 Å². The van der Waals surface area contributed by atoms with Crippen LogP contribution in [0.1, 0.15) is 17.4 Å². The Morgan fingerprint density at radius 2 is 1.92 bits per heavy atom. The third-order valence-corrected chi connectivity index (χ3v) is 3.94. The van der Waals surface area contributed by atoms with Crippen molar-refractivity contribution in [2.75, 3.05) is 12.4 Å². The maximum Gasteiger partial charge on any atom is 0.320 e. The van der Waals surface area contributed by atoms with E-state index in [1.807, 2.05) is 35.9 Å². The molecule has 3 aromatic rings. The average Bonchev–Trinajstić information content (AvgIpc) is 3.07. The number of urea groups is 1. The highest BCUT2D eigenvalue weighted by Crippen LogP contribution is 2.29. The lowest BCUT2D eigenvalue weighted by atomic mass is 10.0. The van der Waals surface area contributed by atoms with E-state index in [0.717, 1.165) is 5.56 Å². The lowest BCUT2D eigenvalue weighted by Crippen LogP contribution is -2.34. The van der Waals surface area contributed by atoms with Crippen LogP contribution in [-0.4, -0.2) is 22.7 Å². The van der Waals surface area contributed by atoms with Gasteiger partial charge in [0.15, 0.2) is 0 Å². The van der Waals surface area contributed by atoms with Crippen LogP contribution in [0.15, 0.2) is 60.9 Å². The predicted molar refractivity (Wildman–Crippen MR) is 96.6 cm³/mol. The summed E-state index contributed by atoms with van der Waals surface area (Å²) in [6, 6.07) is 12.0. The SMILES string of the molecule is COc1ccccc1C(NC(=O)Nc1ccc(F)cc1)c1nccn1C. The molecule has 2 amide bonds. The maximum atomic E-state index is 13.0. The number of methoxy groups -OCH3 is 1. The summed E-state index contributed by atoms with van der Waals surface area (Å²) in [6.07, 6.45) is 3.47. The van der Waals surface area contributed by atoms with E-state index in [1.54, 1.807) is 19.5 Å². The minimum Gasteiger partial charge on any atom is -0.496 e. The van der Waals surface area contributed by atoms with Crippen molar-refractivity contribution in [1.82, 2.24) is 14.9 Å². The van der Waals surface area contributed by atoms with Crippen molar-refractivity contribution in [3.63, 3.8) is 0 Å². The second-order valence-corrected chi connectivity index (χ2v) is 5.68. The number of rotatable bonds is 5. The largest absolute Gasteiger partial charge is 0.496 e. The van der Waals surface area contributed by atoms with E-state index in [2.05, 4.69) is 15.6 Å². The Balaban J connectivity index is 1.88. The number of anilines is 1. The number of nitrogens with one attached hydrogen (secondary N) is 2. The second-order valence-electron chi connectivity index (χ2n) is 5.68. The van der Waals surface area contributed by atoms with Crippen LogP contribution >= 0.6 is 0 Å². The molecule has 0 spiro atoms. The third kappa shape index (κ3) is 3.83. The topological polar surface area (TPSA) is 68.2 Å². The fourth-order valence-corrected chi connectivity index (χ4v) is 2.67. The first-order valence-corrected chi connectivity index (χ1v) is 8.01. The number of nitrogens with zero attached hydrogens (tertiary/aromatic N) is 2. The van der Waals surface area contributed by atoms with Gasteiger partial charge in [-0.25, -0.2) is 14.2 Å². The van der Waals surface area contributed by atoms with Gasteiger partial charge >= 0.3 is 6.03 Å². The number of hydrogen-bond acceptors (Lipinski definition) is 3. The summed E-state index contributed by atoms with van der Waals surface area (Å²) in [7, 11) is 3.43. The van der Waals surface area contributed by atoms with Gasteiger partial charge in [0.05, 0.1) is 7.11 Å². The summed E-state index contributed by atoms with van der Waals surface area (Å²) < 4.78 is 20.3. The van der Waals surface area contributed by atoms with Gasteiger partial charge in [-0.1, -0.05) is 18.2 Å². The van der Waals surface area contributed by atoms with E-state index in [4.69, 9.17) is 4.74 Å². The van der Waals surface area contributed by atoms with Gasteiger partial charge in [0.2, 0.25) is 0 Å². The molecule has 3 rings (SSSR count). The highest BCUT2D eigenvalue weighted by molar-refractivity contribution is 5.89. The number of ether oxygens (including phenoxy) is 1. The van der Waals surface area contributed by atoms with Gasteiger partial charge in [-0.05, 0) is 30.3 Å². The van der Waals surface area contributed by atoms with Crippen molar-refractivity contribution in [2.45, 2.75) is 6.04 Å². The predicted octanol–water partition coefficient (Wildman–Crippen LogP) is 3.48. The molecular formula is C19H19FN4O2. The summed E-state index contributed by atoms with van der Waals surface area (Å²) in [6.45, 7) is 0. The fraction of sp³-hybridized carbons (Fsp3) is 0.158. The standard InChI is InChI=1S/C19H19FN4O2/c1-24-12-11-21-18(24)17(15-5-3-4-6-16(15)26-2)23-19(25)22-14-9-7-13(20)8-10-14/h3-12,17H,1-2H3,(H2,22,23,25). The number of halogens is 1. The lowest BCUT2D eigenvalue weighted by Gasteiger charge is -2.21. The van der Waals surface area contributed by atoms with Crippen LogP contribution in [-0.2, 0) is 7.05 Å². The molecule has 134 valence electrons. The minimum atomic E-state index is -0.522. The summed E-state index contributed by atoms with van der Waals surface area (Å²) in [5, 5.41) is 5.60. The number of hydrogen-bond donors (Lipinski definition) is 2. The molecule has 0 fully saturated rings. The Hall–Kier alpha value is -3.35. The van der Waals surface area contributed by atoms with Gasteiger partial charge in [0.25, 0.3) is 0 Å². The number of carbonyl (C=O) groups is 1. The number of aryl methyl sites for hydroxylation is 1. The Morgan fingerprint density at radius 1 is 1.19 bits per heavy atom. The number of benzene rings is 2. The van der Waals surface area contributed by atoms with E-state index in [9.17, 15) is 9.18 Å². The van der Waals surface area contributed by atoms with Gasteiger partial charge in [0, 0.05) is 30.7 Å². The third-order valence-electron chi connectivity index (χ3n) is 3.94. The van der Waals surface area contributed by atoms with Crippen LogP contribution in [0.2, 0.25) is 0 Å². The molecule has 6 nitrogen and oxygen atoms in total. The maximum absolute atomic E-state index is 13.0. The molecule has 0 aliphatic heterocycles. The number of imidazole rings is 1. The summed E-state index contributed by atoms with van der Waals surface area (Å²) in [4.78, 5) is 16.8. The van der Waals surface area contributed by atoms with E-state index in [-0.39, 0.29) is 5.82 Å². The van der Waals surface area contributed by atoms with Crippen LogP contribution in [0.25, 0.3) is 0 Å². The highest BCUT2D eigenvalue weighted by Gasteiger charge is 2.23. The Kier molecular flexibility index (Phi) is 5.17. The second kappa shape index (κ2) is 7.69. The van der Waals surface area contributed by atoms with Gasteiger partial charge in [-0.15, -0.1) is 0 Å². The number of amides is 2. The molecule has 0 aliphatic rings. The molecule has 0 saturated heterocycles. The van der Waals surface area contributed by atoms with Crippen molar-refractivity contribution >= 4 is 11.7 Å². The molecule has 2 N–H and O–H groups in total. The molecule has 0 saturated carbocycles. The van der Waals surface area contributed by atoms with Crippen LogP contribution in [0.5, 0.6) is 5.75 Å². The van der Waals surface area contributed by atoms with Crippen LogP contribution in [0, 0.1) is 5.82 Å². The molecule has 1 aromatic heterocycles. The van der Waals surface area contributed by atoms with Crippen molar-refractivity contribution in [1.29, 1.82) is 0 Å². The molecular weight excluding hydrogens is 335 g/mol. The van der Waals surface area contributed by atoms with Crippen molar-refractivity contribution in [3.8, 4) is 5.75 Å². The van der Waals surface area contributed by atoms with E-state index >= 15 is 0 Å². The Morgan fingerprint density at radius 3 is 2.58 bits per heavy atom. The summed E-state index contributed by atoms with van der Waals surface area (Å²) in [5.41, 5.74) is 1.26. The van der Waals surface area contributed by atoms with E-state index in [1.165, 1.54) is 24.3 Å². The van der Waals surface area contributed by atoms with Crippen molar-refractivity contribution in [2.24, 2.45) is 7.05 Å². The zero-order chi connectivity index (χ0) is 18.5. The van der Waals surface area contributed by atoms with Gasteiger partial charge in [0.1, 0.15) is 23.4 Å². The first-order valence-electron chi connectivity index (χ1n) is 8.01. The molecule has 1 unspecified atom stereocenters. The van der Waals surface area contributed by atoms with Gasteiger partial charge < -0.3 is 19.9 Å². The highest BCUT2D eigenvalue weighted by atomic mass is 19.1. The van der Waals surface area contributed by atoms with Crippen LogP contribution < -0.4 is 15.4 Å². The lowest BCUT2D eigenvalue weighted by molar-refractivity contribution is 0.249. The first kappa shape index (κ1) is 17.5. The number of para-hydroxylation sites is 1. The van der Waals surface area contributed by atoms with Gasteiger partial charge in [-0.3, -0.25) is 0 Å². The zero-order valence-corrected chi connectivity index (χ0v) is 14.4. The molecule has 1 atom stereocenters. The van der Waals surface area contributed by atoms with Gasteiger partial charge in [-0.2, -0.15) is 0 Å². The zero-order valence-electron chi connectivity index (χ0n) is 14.4. The Bertz CT molecular complexity index is 893. The van der Waals surface area contributed by atoms with Crippen molar-refractivity contribution in [3.05, 3.63) is 78.1 Å². The molecule has 1 heterocycles. The number of aromatic nitrogens is 2. The first-order chi connectivity index (χ1) is 12.6. The minimum absolute atomic E-state index is 0.365. The molecule has 0 aliphatic carbocycles. The quantitative estimate of drug-likeness (QED) is 0.737. The smallest absolute Gasteiger partial charge is 0.320 e. The Labute approximate surface area is 150 Å². The normalized spacial score (nSPS) is 11.7. The van der Waals surface area contributed by atoms with Crippen LogP contribution in [0.4, 0.5) is 14.9 Å². The molecule has 0 radical (unpaired) electrons. The van der Waals surface area contributed by atoms with Crippen LogP contribution in [0.3, 0.4) is 0 Å². The number of carbonyl (C=O) groups excluding carboxylic acids is 1. The molecule has 0 bridgehead atoms. The molecule has 2 aromatic carbocycles. The van der Waals surface area contributed by atoms with E-state index < -0.39 is 12.1 Å². The summed E-state index contributed by atoms with van der Waals surface area (Å²) in [5.74, 6) is 0.933. The van der Waals surface area contributed by atoms with Crippen molar-refractivity contribution < 1.29 is 13.9 Å². The monoisotopic (exact) mass is 354 g/mol. The summed E-state index contributed by atoms with van der Waals surface area (Å²) >= 11 is 0. The molecule has 7 heteroatoms. The fourth-order valence-electron chi connectivity index (χ4n) is 2.67.